The maximum atomic E-state index is 5.75. The molecule has 2 aromatic rings. The Hall–Kier alpha value is -2.08. The SMILES string of the molecule is COc1nc(Cl)nc(NCCc2ccc(N)cc2)n1. The topological polar surface area (TPSA) is 86.0 Å². The summed E-state index contributed by atoms with van der Waals surface area (Å²) in [5.74, 6) is 0.396. The number of halogens is 1. The predicted molar refractivity (Wildman–Crippen MR) is 74.4 cm³/mol. The van der Waals surface area contributed by atoms with Crippen molar-refractivity contribution in [2.24, 2.45) is 0 Å². The van der Waals surface area contributed by atoms with Crippen LogP contribution in [0.5, 0.6) is 6.01 Å². The predicted octanol–water partition coefficient (Wildman–Crippen LogP) is 1.77. The Bertz CT molecular complexity index is 546. The van der Waals surface area contributed by atoms with Gasteiger partial charge in [0.2, 0.25) is 11.2 Å². The fourth-order valence-electron chi connectivity index (χ4n) is 1.51. The molecule has 1 aromatic carbocycles. The van der Waals surface area contributed by atoms with Gasteiger partial charge >= 0.3 is 6.01 Å². The number of aromatic nitrogens is 3. The first kappa shape index (κ1) is 13.4. The summed E-state index contributed by atoms with van der Waals surface area (Å²) in [6, 6.07) is 7.90. The van der Waals surface area contributed by atoms with E-state index in [-0.39, 0.29) is 11.3 Å². The zero-order chi connectivity index (χ0) is 13.7. The first-order valence-corrected chi connectivity index (χ1v) is 6.09. The molecule has 0 unspecified atom stereocenters. The highest BCUT2D eigenvalue weighted by atomic mass is 35.5. The fraction of sp³-hybridized carbons (Fsp3) is 0.250. The van der Waals surface area contributed by atoms with Crippen LogP contribution in [0.15, 0.2) is 24.3 Å². The van der Waals surface area contributed by atoms with Crippen LogP contribution in [0.3, 0.4) is 0 Å². The summed E-state index contributed by atoms with van der Waals surface area (Å²) in [6.07, 6.45) is 0.825. The molecule has 0 saturated carbocycles. The number of ether oxygens (including phenoxy) is 1. The summed E-state index contributed by atoms with van der Waals surface area (Å²) in [5.41, 5.74) is 7.55. The van der Waals surface area contributed by atoms with E-state index in [1.807, 2.05) is 24.3 Å². The summed E-state index contributed by atoms with van der Waals surface area (Å²) in [6.45, 7) is 0.674. The van der Waals surface area contributed by atoms with E-state index in [0.29, 0.717) is 12.5 Å². The van der Waals surface area contributed by atoms with E-state index < -0.39 is 0 Å². The van der Waals surface area contributed by atoms with Crippen molar-refractivity contribution in [1.29, 1.82) is 0 Å². The molecule has 0 saturated heterocycles. The molecule has 0 atom stereocenters. The van der Waals surface area contributed by atoms with E-state index in [0.717, 1.165) is 12.1 Å². The molecule has 0 aliphatic carbocycles. The molecule has 0 spiro atoms. The van der Waals surface area contributed by atoms with Crippen LogP contribution in [-0.4, -0.2) is 28.6 Å². The Morgan fingerprint density at radius 3 is 2.63 bits per heavy atom. The minimum absolute atomic E-state index is 0.0989. The molecule has 0 aliphatic rings. The maximum Gasteiger partial charge on any atom is 0.322 e. The molecule has 3 N–H and O–H groups in total. The molecular formula is C12H14ClN5O. The zero-order valence-corrected chi connectivity index (χ0v) is 11.2. The van der Waals surface area contributed by atoms with Gasteiger partial charge in [0.1, 0.15) is 0 Å². The molecule has 1 aromatic heterocycles. The summed E-state index contributed by atoms with van der Waals surface area (Å²) < 4.78 is 4.91. The highest BCUT2D eigenvalue weighted by molar-refractivity contribution is 6.28. The fourth-order valence-corrected chi connectivity index (χ4v) is 1.66. The standard InChI is InChI=1S/C12H14ClN5O/c1-19-12-17-10(13)16-11(18-12)15-7-6-8-2-4-9(14)5-3-8/h2-5H,6-7,14H2,1H3,(H,15,16,17,18). The van der Waals surface area contributed by atoms with E-state index in [4.69, 9.17) is 22.1 Å². The van der Waals surface area contributed by atoms with Crippen molar-refractivity contribution in [2.45, 2.75) is 6.42 Å². The van der Waals surface area contributed by atoms with E-state index in [1.54, 1.807) is 0 Å². The Morgan fingerprint density at radius 2 is 1.95 bits per heavy atom. The molecule has 7 heteroatoms. The number of nitrogens with one attached hydrogen (secondary N) is 1. The van der Waals surface area contributed by atoms with Crippen molar-refractivity contribution in [2.75, 3.05) is 24.7 Å². The molecule has 0 aliphatic heterocycles. The molecule has 19 heavy (non-hydrogen) atoms. The van der Waals surface area contributed by atoms with Crippen molar-refractivity contribution in [3.8, 4) is 6.01 Å². The van der Waals surface area contributed by atoms with Gasteiger partial charge in [-0.1, -0.05) is 12.1 Å². The van der Waals surface area contributed by atoms with E-state index in [2.05, 4.69) is 20.3 Å². The van der Waals surface area contributed by atoms with Crippen molar-refractivity contribution in [3.05, 3.63) is 35.1 Å². The summed E-state index contributed by atoms with van der Waals surface area (Å²) >= 11 is 5.75. The van der Waals surface area contributed by atoms with Gasteiger partial charge in [0, 0.05) is 12.2 Å². The molecule has 0 radical (unpaired) electrons. The van der Waals surface area contributed by atoms with Crippen LogP contribution in [-0.2, 0) is 6.42 Å². The summed E-state index contributed by atoms with van der Waals surface area (Å²) in [5, 5.41) is 3.16. The number of nitrogens with two attached hydrogens (primary N) is 1. The monoisotopic (exact) mass is 279 g/mol. The molecular weight excluding hydrogens is 266 g/mol. The lowest BCUT2D eigenvalue weighted by atomic mass is 10.1. The number of benzene rings is 1. The quantitative estimate of drug-likeness (QED) is 0.811. The Balaban J connectivity index is 1.92. The first-order valence-electron chi connectivity index (χ1n) is 5.71. The Morgan fingerprint density at radius 1 is 1.21 bits per heavy atom. The second-order valence-electron chi connectivity index (χ2n) is 3.83. The summed E-state index contributed by atoms with van der Waals surface area (Å²) in [4.78, 5) is 11.8. The van der Waals surface area contributed by atoms with Gasteiger partial charge in [-0.25, -0.2) is 0 Å². The van der Waals surface area contributed by atoms with Crippen molar-refractivity contribution < 1.29 is 4.74 Å². The van der Waals surface area contributed by atoms with Crippen LogP contribution in [0, 0.1) is 0 Å². The van der Waals surface area contributed by atoms with Crippen molar-refractivity contribution in [1.82, 2.24) is 15.0 Å². The lowest BCUT2D eigenvalue weighted by molar-refractivity contribution is 0.379. The normalized spacial score (nSPS) is 10.2. The van der Waals surface area contributed by atoms with E-state index >= 15 is 0 Å². The minimum Gasteiger partial charge on any atom is -0.467 e. The molecule has 100 valence electrons. The lowest BCUT2D eigenvalue weighted by Gasteiger charge is -2.06. The lowest BCUT2D eigenvalue weighted by Crippen LogP contribution is -2.09. The number of rotatable bonds is 5. The van der Waals surface area contributed by atoms with Crippen molar-refractivity contribution in [3.63, 3.8) is 0 Å². The molecule has 0 bridgehead atoms. The molecule has 0 fully saturated rings. The van der Waals surface area contributed by atoms with Gasteiger partial charge in [-0.3, -0.25) is 0 Å². The van der Waals surface area contributed by atoms with Crippen LogP contribution >= 0.6 is 11.6 Å². The van der Waals surface area contributed by atoms with Gasteiger partial charge in [0.05, 0.1) is 7.11 Å². The van der Waals surface area contributed by atoms with Crippen LogP contribution < -0.4 is 15.8 Å². The first-order chi connectivity index (χ1) is 9.17. The second kappa shape index (κ2) is 6.19. The van der Waals surface area contributed by atoms with Gasteiger partial charge in [0.15, 0.2) is 0 Å². The third-order valence-corrected chi connectivity index (χ3v) is 2.62. The highest BCUT2D eigenvalue weighted by Gasteiger charge is 2.04. The minimum atomic E-state index is 0.0989. The number of methoxy groups -OCH3 is 1. The average Bonchev–Trinajstić information content (AvgIpc) is 2.40. The number of hydrogen-bond acceptors (Lipinski definition) is 6. The third-order valence-electron chi connectivity index (χ3n) is 2.45. The second-order valence-corrected chi connectivity index (χ2v) is 4.17. The number of hydrogen-bond donors (Lipinski definition) is 2. The average molecular weight is 280 g/mol. The molecule has 0 amide bonds. The van der Waals surface area contributed by atoms with Crippen LogP contribution in [0.2, 0.25) is 5.28 Å². The summed E-state index contributed by atoms with van der Waals surface area (Å²) in [7, 11) is 1.48. The van der Waals surface area contributed by atoms with Crippen LogP contribution in [0.25, 0.3) is 0 Å². The number of anilines is 2. The van der Waals surface area contributed by atoms with Gasteiger partial charge in [-0.05, 0) is 35.7 Å². The van der Waals surface area contributed by atoms with Gasteiger partial charge in [-0.15, -0.1) is 0 Å². The van der Waals surface area contributed by atoms with Crippen molar-refractivity contribution >= 4 is 23.2 Å². The van der Waals surface area contributed by atoms with Gasteiger partial charge < -0.3 is 15.8 Å². The molecule has 1 heterocycles. The smallest absolute Gasteiger partial charge is 0.322 e. The zero-order valence-electron chi connectivity index (χ0n) is 10.4. The number of nitrogens with zero attached hydrogens (tertiary/aromatic N) is 3. The van der Waals surface area contributed by atoms with Crippen LogP contribution in [0.4, 0.5) is 11.6 Å². The van der Waals surface area contributed by atoms with Crippen LogP contribution in [0.1, 0.15) is 5.56 Å². The highest BCUT2D eigenvalue weighted by Crippen LogP contribution is 2.11. The van der Waals surface area contributed by atoms with E-state index in [9.17, 15) is 0 Å². The van der Waals surface area contributed by atoms with Gasteiger partial charge in [-0.2, -0.15) is 15.0 Å². The van der Waals surface area contributed by atoms with E-state index in [1.165, 1.54) is 12.7 Å². The van der Waals surface area contributed by atoms with Gasteiger partial charge in [0.25, 0.3) is 0 Å². The Labute approximate surface area is 116 Å². The third kappa shape index (κ3) is 3.96. The number of nitrogen functional groups attached to an aromatic ring is 1. The Kier molecular flexibility index (Phi) is 4.35. The largest absolute Gasteiger partial charge is 0.467 e. The molecule has 6 nitrogen and oxygen atoms in total. The molecule has 2 rings (SSSR count). The maximum absolute atomic E-state index is 5.75.